The second-order valence-corrected chi connectivity index (χ2v) is 12.2. The van der Waals surface area contributed by atoms with E-state index < -0.39 is 39.1 Å². The molecule has 9 nitrogen and oxygen atoms in total. The maximum absolute atomic E-state index is 15.2. The lowest BCUT2D eigenvalue weighted by Gasteiger charge is -2.26. The standard InChI is InChI=1S/C29H31F3N6O3S.ClH/c1-3-17(2)38-27-20(13-34-29(36-27)35-22-12-21(30)14-33-15-22)10-23(28(38)39)18-8-9-26(25(32)11-18)37-42(40,41)16-19-6-4-5-7-24(19)31;/h4-11,13,17,21-22,33,37H,3,12,14-16H2,1-2H3,(H,34,35,36);1H/t17?,21-,22-;/m0./s1. The van der Waals surface area contributed by atoms with E-state index in [0.717, 1.165) is 12.1 Å². The number of halogens is 4. The summed E-state index contributed by atoms with van der Waals surface area (Å²) < 4.78 is 71.9. The number of rotatable bonds is 9. The molecule has 3 N–H and O–H groups in total. The molecule has 0 bridgehead atoms. The third-order valence-corrected chi connectivity index (χ3v) is 8.51. The predicted molar refractivity (Wildman–Crippen MR) is 164 cm³/mol. The van der Waals surface area contributed by atoms with Crippen LogP contribution in [0.25, 0.3) is 22.2 Å². The molecule has 0 amide bonds. The Labute approximate surface area is 253 Å². The number of alkyl halides is 1. The number of fused-ring (bicyclic) bond motifs is 1. The van der Waals surface area contributed by atoms with E-state index in [1.807, 2.05) is 13.8 Å². The second kappa shape index (κ2) is 13.3. The van der Waals surface area contributed by atoms with E-state index in [9.17, 15) is 22.0 Å². The van der Waals surface area contributed by atoms with Gasteiger partial charge in [0.2, 0.25) is 16.0 Å². The first kappa shape index (κ1) is 32.2. The highest BCUT2D eigenvalue weighted by atomic mass is 35.5. The van der Waals surface area contributed by atoms with Crippen molar-refractivity contribution in [2.75, 3.05) is 23.1 Å². The summed E-state index contributed by atoms with van der Waals surface area (Å²) >= 11 is 0. The van der Waals surface area contributed by atoms with Crippen molar-refractivity contribution in [3.8, 4) is 11.1 Å². The van der Waals surface area contributed by atoms with Crippen LogP contribution in [0.15, 0.2) is 59.5 Å². The number of nitrogens with zero attached hydrogens (tertiary/aromatic N) is 3. The van der Waals surface area contributed by atoms with E-state index >= 15 is 4.39 Å². The topological polar surface area (TPSA) is 118 Å². The molecule has 0 saturated carbocycles. The molecule has 1 aliphatic rings. The largest absolute Gasteiger partial charge is 0.350 e. The van der Waals surface area contributed by atoms with Gasteiger partial charge in [-0.25, -0.2) is 26.6 Å². The van der Waals surface area contributed by atoms with E-state index in [0.29, 0.717) is 37.0 Å². The normalized spacial score (nSPS) is 17.7. The van der Waals surface area contributed by atoms with Gasteiger partial charge in [-0.05, 0) is 43.2 Å². The van der Waals surface area contributed by atoms with Crippen molar-refractivity contribution in [1.29, 1.82) is 0 Å². The number of anilines is 2. The third-order valence-electron chi connectivity index (χ3n) is 7.28. The van der Waals surface area contributed by atoms with Crippen LogP contribution in [-0.4, -0.2) is 48.3 Å². The molecular formula is C29H32ClF3N6O3S. The first-order chi connectivity index (χ1) is 20.0. The number of pyridine rings is 1. The maximum atomic E-state index is 15.2. The highest BCUT2D eigenvalue weighted by Crippen LogP contribution is 2.27. The molecule has 0 spiro atoms. The van der Waals surface area contributed by atoms with Crippen LogP contribution in [0.3, 0.4) is 0 Å². The minimum Gasteiger partial charge on any atom is -0.350 e. The van der Waals surface area contributed by atoms with Gasteiger partial charge in [0.25, 0.3) is 5.56 Å². The molecule has 5 rings (SSSR count). The summed E-state index contributed by atoms with van der Waals surface area (Å²) in [5.74, 6) is -1.99. The average molecular weight is 637 g/mol. The lowest BCUT2D eigenvalue weighted by Crippen LogP contribution is -2.44. The monoisotopic (exact) mass is 636 g/mol. The zero-order valence-electron chi connectivity index (χ0n) is 23.5. The van der Waals surface area contributed by atoms with Crippen molar-refractivity contribution in [3.63, 3.8) is 0 Å². The van der Waals surface area contributed by atoms with Crippen LogP contribution in [0, 0.1) is 11.6 Å². The molecule has 3 heterocycles. The lowest BCUT2D eigenvalue weighted by atomic mass is 10.0. The smallest absolute Gasteiger partial charge is 0.260 e. The van der Waals surface area contributed by atoms with Crippen LogP contribution < -0.4 is 20.9 Å². The minimum atomic E-state index is -4.13. The summed E-state index contributed by atoms with van der Waals surface area (Å²) in [7, 11) is -4.13. The zero-order chi connectivity index (χ0) is 30.0. The zero-order valence-corrected chi connectivity index (χ0v) is 25.1. The van der Waals surface area contributed by atoms with Crippen LogP contribution in [0.2, 0.25) is 0 Å². The molecule has 2 aromatic carbocycles. The molecule has 1 saturated heterocycles. The number of benzene rings is 2. The molecule has 0 aliphatic carbocycles. The van der Waals surface area contributed by atoms with Crippen molar-refractivity contribution in [1.82, 2.24) is 19.9 Å². The number of sulfonamides is 1. The summed E-state index contributed by atoms with van der Waals surface area (Å²) in [6.45, 7) is 4.65. The highest BCUT2D eigenvalue weighted by Gasteiger charge is 2.23. The van der Waals surface area contributed by atoms with Gasteiger partial charge in [-0.15, -0.1) is 12.4 Å². The Morgan fingerprint density at radius 1 is 1.12 bits per heavy atom. The fraction of sp³-hybridized carbons (Fsp3) is 0.345. The molecule has 3 atom stereocenters. The molecule has 230 valence electrons. The van der Waals surface area contributed by atoms with Gasteiger partial charge in [-0.3, -0.25) is 14.1 Å². The Morgan fingerprint density at radius 3 is 2.58 bits per heavy atom. The second-order valence-electron chi connectivity index (χ2n) is 10.4. The fourth-order valence-electron chi connectivity index (χ4n) is 4.96. The van der Waals surface area contributed by atoms with Gasteiger partial charge < -0.3 is 10.6 Å². The summed E-state index contributed by atoms with van der Waals surface area (Å²) in [5, 5.41) is 6.69. The maximum Gasteiger partial charge on any atom is 0.260 e. The van der Waals surface area contributed by atoms with Crippen molar-refractivity contribution >= 4 is 45.1 Å². The van der Waals surface area contributed by atoms with Gasteiger partial charge in [0.15, 0.2) is 0 Å². The first-order valence-corrected chi connectivity index (χ1v) is 15.3. The van der Waals surface area contributed by atoms with E-state index in [2.05, 4.69) is 25.3 Å². The Morgan fingerprint density at radius 2 is 1.88 bits per heavy atom. The quantitative estimate of drug-likeness (QED) is 0.232. The summed E-state index contributed by atoms with van der Waals surface area (Å²) in [4.78, 5) is 22.7. The number of nitrogens with one attached hydrogen (secondary N) is 3. The first-order valence-electron chi connectivity index (χ1n) is 13.6. The van der Waals surface area contributed by atoms with Crippen LogP contribution in [0.1, 0.15) is 38.3 Å². The van der Waals surface area contributed by atoms with Crippen molar-refractivity contribution in [2.24, 2.45) is 0 Å². The molecule has 0 radical (unpaired) electrons. The number of piperidine rings is 1. The Kier molecular flexibility index (Phi) is 9.98. The van der Waals surface area contributed by atoms with Gasteiger partial charge in [0.1, 0.15) is 23.5 Å². The molecule has 1 unspecified atom stereocenters. The van der Waals surface area contributed by atoms with Crippen LogP contribution in [0.4, 0.5) is 24.8 Å². The van der Waals surface area contributed by atoms with E-state index in [4.69, 9.17) is 0 Å². The SMILES string of the molecule is CCC(C)n1c(=O)c(-c2ccc(NS(=O)(=O)Cc3ccccc3F)c(F)c2)cc2cnc(N[C@@H]3CNC[C@@H](F)C3)nc21.Cl. The van der Waals surface area contributed by atoms with Gasteiger partial charge in [0.05, 0.1) is 11.4 Å². The number of hydrogen-bond donors (Lipinski definition) is 3. The summed E-state index contributed by atoms with van der Waals surface area (Å²) in [6, 6.07) is 10.3. The minimum absolute atomic E-state index is 0. The molecular weight excluding hydrogens is 605 g/mol. The summed E-state index contributed by atoms with van der Waals surface area (Å²) in [6.07, 6.45) is 1.49. The number of aromatic nitrogens is 3. The summed E-state index contributed by atoms with van der Waals surface area (Å²) in [5.41, 5.74) is 0.0175. The van der Waals surface area contributed by atoms with Crippen molar-refractivity contribution in [3.05, 3.63) is 82.3 Å². The van der Waals surface area contributed by atoms with E-state index in [-0.39, 0.29) is 52.8 Å². The van der Waals surface area contributed by atoms with Crippen molar-refractivity contribution < 1.29 is 21.6 Å². The highest BCUT2D eigenvalue weighted by molar-refractivity contribution is 7.91. The van der Waals surface area contributed by atoms with E-state index in [1.54, 1.807) is 12.3 Å². The van der Waals surface area contributed by atoms with Gasteiger partial charge in [-0.1, -0.05) is 31.2 Å². The molecule has 43 heavy (non-hydrogen) atoms. The Bertz CT molecular complexity index is 1790. The molecule has 1 aliphatic heterocycles. The van der Waals surface area contributed by atoms with Crippen LogP contribution >= 0.6 is 12.4 Å². The Hall–Kier alpha value is -3.68. The average Bonchev–Trinajstić information content (AvgIpc) is 2.94. The van der Waals surface area contributed by atoms with Crippen LogP contribution in [0.5, 0.6) is 0 Å². The van der Waals surface area contributed by atoms with Crippen molar-refractivity contribution in [2.45, 2.75) is 50.7 Å². The Balaban J connectivity index is 0.00000423. The third kappa shape index (κ3) is 7.28. The van der Waals surface area contributed by atoms with E-state index in [1.165, 1.54) is 34.9 Å². The number of hydrogen-bond acceptors (Lipinski definition) is 7. The predicted octanol–water partition coefficient (Wildman–Crippen LogP) is 5.18. The molecule has 1 fully saturated rings. The van der Waals surface area contributed by atoms with Crippen LogP contribution in [-0.2, 0) is 15.8 Å². The molecule has 14 heteroatoms. The van der Waals surface area contributed by atoms with Gasteiger partial charge in [0, 0.05) is 54.3 Å². The van der Waals surface area contributed by atoms with Gasteiger partial charge >= 0.3 is 0 Å². The lowest BCUT2D eigenvalue weighted by molar-refractivity contribution is 0.254. The fourth-order valence-corrected chi connectivity index (χ4v) is 6.18. The molecule has 4 aromatic rings. The van der Waals surface area contributed by atoms with Gasteiger partial charge in [-0.2, -0.15) is 4.98 Å². The molecule has 2 aromatic heterocycles.